The molecule has 29 heavy (non-hydrogen) atoms. The first-order chi connectivity index (χ1) is 14.1. The van der Waals surface area contributed by atoms with E-state index < -0.39 is 5.92 Å². The summed E-state index contributed by atoms with van der Waals surface area (Å²) in [6, 6.07) is 9.82. The number of aromatic nitrogens is 2. The number of aromatic amines is 1. The van der Waals surface area contributed by atoms with E-state index in [1.807, 2.05) is 35.2 Å². The normalized spacial score (nSPS) is 18.7. The van der Waals surface area contributed by atoms with Gasteiger partial charge in [-0.15, -0.1) is 0 Å². The van der Waals surface area contributed by atoms with Crippen LogP contribution in [0.3, 0.4) is 0 Å². The Morgan fingerprint density at radius 3 is 2.66 bits per heavy atom. The first-order valence-electron chi connectivity index (χ1n) is 10.1. The van der Waals surface area contributed by atoms with Crippen LogP contribution in [0.25, 0.3) is 0 Å². The number of piperidine rings is 1. The van der Waals surface area contributed by atoms with E-state index in [1.165, 1.54) is 0 Å². The average molecular weight is 395 g/mol. The molecule has 0 saturated carbocycles. The third-order valence-corrected chi connectivity index (χ3v) is 5.47. The molecule has 1 saturated heterocycles. The van der Waals surface area contributed by atoms with Crippen molar-refractivity contribution in [2.24, 2.45) is 0 Å². The van der Waals surface area contributed by atoms with Crippen LogP contribution in [0, 0.1) is 0 Å². The zero-order valence-electron chi connectivity index (χ0n) is 16.2. The van der Waals surface area contributed by atoms with Gasteiger partial charge in [0.15, 0.2) is 0 Å². The molecule has 1 unspecified atom stereocenters. The van der Waals surface area contributed by atoms with Crippen LogP contribution in [-0.4, -0.2) is 41.4 Å². The first kappa shape index (κ1) is 19.2. The Morgan fingerprint density at radius 1 is 1.14 bits per heavy atom. The van der Waals surface area contributed by atoms with Gasteiger partial charge < -0.3 is 15.5 Å². The summed E-state index contributed by atoms with van der Waals surface area (Å²) in [5.74, 6) is -0.799. The smallest absolute Gasteiger partial charge is 0.258 e. The Balaban J connectivity index is 1.51. The van der Waals surface area contributed by atoms with Crippen molar-refractivity contribution in [1.82, 2.24) is 15.3 Å². The highest BCUT2D eigenvalue weighted by molar-refractivity contribution is 6.00. The minimum atomic E-state index is -0.832. The number of hydrogen-bond acceptors (Lipinski definition) is 5. The molecule has 0 bridgehead atoms. The molecular weight excluding hydrogens is 370 g/mol. The third kappa shape index (κ3) is 4.31. The second-order valence-electron chi connectivity index (χ2n) is 7.53. The van der Waals surface area contributed by atoms with E-state index in [0.29, 0.717) is 18.9 Å². The van der Waals surface area contributed by atoms with Crippen LogP contribution in [0.15, 0.2) is 35.1 Å². The molecule has 4 rings (SSSR count). The predicted octanol–water partition coefficient (Wildman–Crippen LogP) is 1.54. The molecule has 0 radical (unpaired) electrons. The fraction of sp³-hybridized carbons (Fsp3) is 0.429. The summed E-state index contributed by atoms with van der Waals surface area (Å²) in [7, 11) is 0. The summed E-state index contributed by atoms with van der Waals surface area (Å²) in [5, 5.41) is 5.53. The summed E-state index contributed by atoms with van der Waals surface area (Å²) >= 11 is 0. The van der Waals surface area contributed by atoms with Crippen molar-refractivity contribution in [3.05, 3.63) is 51.8 Å². The van der Waals surface area contributed by atoms with E-state index in [1.54, 1.807) is 0 Å². The number of hydrogen-bond donors (Lipinski definition) is 3. The van der Waals surface area contributed by atoms with Crippen molar-refractivity contribution in [3.8, 4) is 0 Å². The number of H-pyrrole nitrogens is 1. The van der Waals surface area contributed by atoms with Crippen LogP contribution in [0.2, 0.25) is 0 Å². The predicted molar refractivity (Wildman–Crippen MR) is 110 cm³/mol. The highest BCUT2D eigenvalue weighted by Gasteiger charge is 2.35. The van der Waals surface area contributed by atoms with E-state index in [4.69, 9.17) is 0 Å². The Morgan fingerprint density at radius 2 is 1.90 bits per heavy atom. The quantitative estimate of drug-likeness (QED) is 0.712. The lowest BCUT2D eigenvalue weighted by atomic mass is 9.92. The van der Waals surface area contributed by atoms with Crippen molar-refractivity contribution in [2.75, 3.05) is 29.9 Å². The number of rotatable bonds is 5. The van der Waals surface area contributed by atoms with Gasteiger partial charge in [0.25, 0.3) is 5.56 Å². The third-order valence-electron chi connectivity index (χ3n) is 5.47. The zero-order chi connectivity index (χ0) is 20.2. The molecule has 3 heterocycles. The second-order valence-corrected chi connectivity index (χ2v) is 7.53. The number of anilines is 2. The van der Waals surface area contributed by atoms with Crippen LogP contribution < -0.4 is 21.1 Å². The summed E-state index contributed by atoms with van der Waals surface area (Å²) in [4.78, 5) is 47.0. The number of fused-ring (bicyclic) bond motifs is 1. The molecule has 8 nitrogen and oxygen atoms in total. The summed E-state index contributed by atoms with van der Waals surface area (Å²) in [6.07, 6.45) is 3.87. The SMILES string of the molecule is O=C1CC(C(=O)NCCc2ccccc2)c2c(nc(N3CCCCC3)[nH]c2=O)N1. The largest absolute Gasteiger partial charge is 0.355 e. The molecular formula is C21H25N5O3. The molecule has 1 aromatic heterocycles. The van der Waals surface area contributed by atoms with Gasteiger partial charge in [0.1, 0.15) is 5.82 Å². The summed E-state index contributed by atoms with van der Waals surface area (Å²) in [5.41, 5.74) is 0.988. The Labute approximate surface area is 168 Å². The molecule has 2 amide bonds. The number of carbonyl (C=O) groups is 2. The number of carbonyl (C=O) groups excluding carboxylic acids is 2. The lowest BCUT2D eigenvalue weighted by molar-refractivity contribution is -0.126. The molecule has 3 N–H and O–H groups in total. The van der Waals surface area contributed by atoms with E-state index >= 15 is 0 Å². The first-order valence-corrected chi connectivity index (χ1v) is 10.1. The highest BCUT2D eigenvalue weighted by atomic mass is 16.2. The topological polar surface area (TPSA) is 107 Å². The van der Waals surface area contributed by atoms with Crippen LogP contribution in [0.5, 0.6) is 0 Å². The number of nitrogens with zero attached hydrogens (tertiary/aromatic N) is 2. The van der Waals surface area contributed by atoms with Gasteiger partial charge in [0.05, 0.1) is 11.5 Å². The highest BCUT2D eigenvalue weighted by Crippen LogP contribution is 2.29. The molecule has 1 atom stereocenters. The van der Waals surface area contributed by atoms with Gasteiger partial charge in [-0.25, -0.2) is 0 Å². The lowest BCUT2D eigenvalue weighted by Crippen LogP contribution is -2.41. The van der Waals surface area contributed by atoms with Crippen molar-refractivity contribution in [1.29, 1.82) is 0 Å². The second kappa shape index (κ2) is 8.46. The fourth-order valence-corrected chi connectivity index (χ4v) is 3.94. The van der Waals surface area contributed by atoms with Crippen molar-refractivity contribution < 1.29 is 9.59 Å². The van der Waals surface area contributed by atoms with Gasteiger partial charge in [-0.3, -0.25) is 19.4 Å². The molecule has 1 aromatic carbocycles. The molecule has 2 aliphatic heterocycles. The standard InChI is InChI=1S/C21H25N5O3/c27-16-13-15(19(28)22-10-9-14-7-3-1-4-8-14)17-18(23-16)24-21(25-20(17)29)26-11-5-2-6-12-26/h1,3-4,7-8,15H,2,5-6,9-13H2,(H,22,28)(H2,23,24,25,27,29). The maximum Gasteiger partial charge on any atom is 0.258 e. The van der Waals surface area contributed by atoms with E-state index in [0.717, 1.165) is 37.9 Å². The molecule has 0 spiro atoms. The molecule has 1 fully saturated rings. The minimum Gasteiger partial charge on any atom is -0.355 e. The zero-order valence-corrected chi connectivity index (χ0v) is 16.2. The van der Waals surface area contributed by atoms with Crippen molar-refractivity contribution >= 4 is 23.6 Å². The molecule has 0 aliphatic carbocycles. The maximum absolute atomic E-state index is 12.8. The number of amides is 2. The molecule has 152 valence electrons. The number of benzene rings is 1. The van der Waals surface area contributed by atoms with Crippen molar-refractivity contribution in [3.63, 3.8) is 0 Å². The van der Waals surface area contributed by atoms with Gasteiger partial charge in [0.2, 0.25) is 17.8 Å². The molecule has 2 aliphatic rings. The average Bonchev–Trinajstić information content (AvgIpc) is 2.74. The fourth-order valence-electron chi connectivity index (χ4n) is 3.94. The summed E-state index contributed by atoms with van der Waals surface area (Å²) < 4.78 is 0. The molecule has 8 heteroatoms. The van der Waals surface area contributed by atoms with Crippen molar-refractivity contribution in [2.45, 2.75) is 38.0 Å². The Hall–Kier alpha value is -3.16. The van der Waals surface area contributed by atoms with Gasteiger partial charge >= 0.3 is 0 Å². The van der Waals surface area contributed by atoms with Crippen LogP contribution >= 0.6 is 0 Å². The van der Waals surface area contributed by atoms with E-state index in [-0.39, 0.29) is 35.2 Å². The van der Waals surface area contributed by atoms with Gasteiger partial charge in [0, 0.05) is 26.1 Å². The minimum absolute atomic E-state index is 0.0575. The van der Waals surface area contributed by atoms with Crippen LogP contribution in [0.4, 0.5) is 11.8 Å². The lowest BCUT2D eigenvalue weighted by Gasteiger charge is -2.29. The summed E-state index contributed by atoms with van der Waals surface area (Å²) in [6.45, 7) is 2.08. The maximum atomic E-state index is 12.8. The van der Waals surface area contributed by atoms with Gasteiger partial charge in [-0.05, 0) is 31.2 Å². The monoisotopic (exact) mass is 395 g/mol. The van der Waals surface area contributed by atoms with E-state index in [9.17, 15) is 14.4 Å². The Kier molecular flexibility index (Phi) is 5.59. The van der Waals surface area contributed by atoms with Crippen LogP contribution in [-0.2, 0) is 16.0 Å². The molecule has 2 aromatic rings. The van der Waals surface area contributed by atoms with Crippen LogP contribution in [0.1, 0.15) is 42.7 Å². The van der Waals surface area contributed by atoms with Gasteiger partial charge in [-0.2, -0.15) is 4.98 Å². The number of nitrogens with one attached hydrogen (secondary N) is 3. The Bertz CT molecular complexity index is 951. The van der Waals surface area contributed by atoms with E-state index in [2.05, 4.69) is 20.6 Å². The van der Waals surface area contributed by atoms with Gasteiger partial charge in [-0.1, -0.05) is 30.3 Å².